The Morgan fingerprint density at radius 1 is 1.17 bits per heavy atom. The third-order valence-electron chi connectivity index (χ3n) is 4.01. The average molecular weight is 310 g/mol. The summed E-state index contributed by atoms with van der Waals surface area (Å²) < 4.78 is 0. The molecule has 1 fully saturated rings. The topological polar surface area (TPSA) is 58.1 Å². The fourth-order valence-electron chi connectivity index (χ4n) is 2.86. The third-order valence-corrected chi connectivity index (χ3v) is 4.01. The van der Waals surface area contributed by atoms with Crippen molar-refractivity contribution in [3.8, 4) is 0 Å². The maximum Gasteiger partial charge on any atom is 0.228 e. The zero-order valence-corrected chi connectivity index (χ0v) is 13.5. The highest BCUT2D eigenvalue weighted by molar-refractivity contribution is 5.92. The Labute approximate surface area is 136 Å². The highest BCUT2D eigenvalue weighted by Crippen LogP contribution is 2.16. The zero-order chi connectivity index (χ0) is 16.1. The average Bonchev–Trinajstić information content (AvgIpc) is 2.56. The van der Waals surface area contributed by atoms with Crippen LogP contribution in [0.1, 0.15) is 30.4 Å². The number of nitrogens with one attached hydrogen (secondary N) is 1. The van der Waals surface area contributed by atoms with Crippen LogP contribution < -0.4 is 10.2 Å². The standard InChI is InChI=1S/C18H22N4O/c1-14-6-5-7-15(10-14)11-17(23)21-16-12-19-18(20-13-16)22-8-3-2-4-9-22/h5-7,10,12-13H,2-4,8-9,11H2,1H3,(H,21,23). The Hall–Kier alpha value is -2.43. The van der Waals surface area contributed by atoms with E-state index in [2.05, 4.69) is 20.2 Å². The van der Waals surface area contributed by atoms with Gasteiger partial charge in [0.2, 0.25) is 11.9 Å². The molecule has 1 saturated heterocycles. The highest BCUT2D eigenvalue weighted by Gasteiger charge is 2.13. The number of aryl methyl sites for hydroxylation is 1. The molecule has 1 N–H and O–H groups in total. The molecule has 5 nitrogen and oxygen atoms in total. The molecule has 1 aromatic heterocycles. The smallest absolute Gasteiger partial charge is 0.228 e. The molecule has 1 aliphatic heterocycles. The first kappa shape index (κ1) is 15.5. The van der Waals surface area contributed by atoms with Crippen molar-refractivity contribution in [1.29, 1.82) is 0 Å². The van der Waals surface area contributed by atoms with Crippen LogP contribution >= 0.6 is 0 Å². The number of rotatable bonds is 4. The summed E-state index contributed by atoms with van der Waals surface area (Å²) in [6.07, 6.45) is 7.39. The number of nitrogens with zero attached hydrogens (tertiary/aromatic N) is 3. The second-order valence-corrected chi connectivity index (χ2v) is 6.03. The summed E-state index contributed by atoms with van der Waals surface area (Å²) >= 11 is 0. The fraction of sp³-hybridized carbons (Fsp3) is 0.389. The largest absolute Gasteiger partial charge is 0.341 e. The van der Waals surface area contributed by atoms with Crippen LogP contribution in [0.4, 0.5) is 11.6 Å². The lowest BCUT2D eigenvalue weighted by molar-refractivity contribution is -0.115. The van der Waals surface area contributed by atoms with Gasteiger partial charge in [0, 0.05) is 13.1 Å². The molecule has 0 bridgehead atoms. The van der Waals surface area contributed by atoms with Crippen LogP contribution in [0.2, 0.25) is 0 Å². The Morgan fingerprint density at radius 3 is 2.61 bits per heavy atom. The summed E-state index contributed by atoms with van der Waals surface area (Å²) in [4.78, 5) is 23.1. The van der Waals surface area contributed by atoms with Crippen molar-refractivity contribution >= 4 is 17.5 Å². The molecular formula is C18H22N4O. The van der Waals surface area contributed by atoms with Crippen LogP contribution in [0.5, 0.6) is 0 Å². The molecule has 0 spiro atoms. The monoisotopic (exact) mass is 310 g/mol. The van der Waals surface area contributed by atoms with Crippen molar-refractivity contribution in [2.45, 2.75) is 32.6 Å². The summed E-state index contributed by atoms with van der Waals surface area (Å²) in [6.45, 7) is 4.05. The number of piperidine rings is 1. The van der Waals surface area contributed by atoms with Gasteiger partial charge in [0.15, 0.2) is 0 Å². The van der Waals surface area contributed by atoms with Gasteiger partial charge in [0.1, 0.15) is 0 Å². The predicted octanol–water partition coefficient (Wildman–Crippen LogP) is 2.96. The van der Waals surface area contributed by atoms with Gasteiger partial charge in [0.05, 0.1) is 24.5 Å². The van der Waals surface area contributed by atoms with Gasteiger partial charge in [0.25, 0.3) is 0 Å². The number of carbonyl (C=O) groups is 1. The Morgan fingerprint density at radius 2 is 1.91 bits per heavy atom. The summed E-state index contributed by atoms with van der Waals surface area (Å²) in [6, 6.07) is 7.97. The van der Waals surface area contributed by atoms with Gasteiger partial charge >= 0.3 is 0 Å². The number of benzene rings is 1. The maximum atomic E-state index is 12.1. The van der Waals surface area contributed by atoms with Gasteiger partial charge in [-0.15, -0.1) is 0 Å². The quantitative estimate of drug-likeness (QED) is 0.943. The molecule has 5 heteroatoms. The van der Waals surface area contributed by atoms with Crippen molar-refractivity contribution in [1.82, 2.24) is 9.97 Å². The fourth-order valence-corrected chi connectivity index (χ4v) is 2.86. The lowest BCUT2D eigenvalue weighted by Gasteiger charge is -2.26. The van der Waals surface area contributed by atoms with E-state index >= 15 is 0 Å². The molecule has 1 aliphatic rings. The summed E-state index contributed by atoms with van der Waals surface area (Å²) in [5, 5.41) is 2.86. The first-order valence-electron chi connectivity index (χ1n) is 8.13. The SMILES string of the molecule is Cc1cccc(CC(=O)Nc2cnc(N3CCCCC3)nc2)c1. The van der Waals surface area contributed by atoms with Crippen LogP contribution in [0.15, 0.2) is 36.7 Å². The van der Waals surface area contributed by atoms with Gasteiger partial charge in [-0.2, -0.15) is 0 Å². The van der Waals surface area contributed by atoms with Gasteiger partial charge in [-0.05, 0) is 31.7 Å². The summed E-state index contributed by atoms with van der Waals surface area (Å²) in [7, 11) is 0. The number of carbonyl (C=O) groups excluding carboxylic acids is 1. The second-order valence-electron chi connectivity index (χ2n) is 6.03. The van der Waals surface area contributed by atoms with E-state index in [0.29, 0.717) is 12.1 Å². The van der Waals surface area contributed by atoms with E-state index in [1.54, 1.807) is 12.4 Å². The van der Waals surface area contributed by atoms with E-state index in [4.69, 9.17) is 0 Å². The molecule has 3 rings (SSSR count). The lowest BCUT2D eigenvalue weighted by atomic mass is 10.1. The van der Waals surface area contributed by atoms with E-state index in [1.165, 1.54) is 19.3 Å². The molecule has 0 saturated carbocycles. The minimum atomic E-state index is -0.0510. The van der Waals surface area contributed by atoms with Crippen LogP contribution in [0, 0.1) is 6.92 Å². The van der Waals surface area contributed by atoms with Crippen LogP contribution in [-0.2, 0) is 11.2 Å². The molecule has 0 radical (unpaired) electrons. The first-order valence-corrected chi connectivity index (χ1v) is 8.13. The van der Waals surface area contributed by atoms with Crippen LogP contribution in [-0.4, -0.2) is 29.0 Å². The maximum absolute atomic E-state index is 12.1. The minimum Gasteiger partial charge on any atom is -0.341 e. The molecule has 2 aromatic rings. The zero-order valence-electron chi connectivity index (χ0n) is 13.5. The number of amides is 1. The van der Waals surface area contributed by atoms with E-state index in [1.807, 2.05) is 31.2 Å². The van der Waals surface area contributed by atoms with E-state index < -0.39 is 0 Å². The molecule has 23 heavy (non-hydrogen) atoms. The van der Waals surface area contributed by atoms with Crippen molar-refractivity contribution in [3.05, 3.63) is 47.8 Å². The normalized spacial score (nSPS) is 14.6. The third kappa shape index (κ3) is 4.28. The minimum absolute atomic E-state index is 0.0510. The predicted molar refractivity (Wildman–Crippen MR) is 91.6 cm³/mol. The van der Waals surface area contributed by atoms with Gasteiger partial charge < -0.3 is 10.2 Å². The number of hydrogen-bond acceptors (Lipinski definition) is 4. The molecule has 1 aromatic carbocycles. The highest BCUT2D eigenvalue weighted by atomic mass is 16.1. The van der Waals surface area contributed by atoms with Crippen molar-refractivity contribution in [2.75, 3.05) is 23.3 Å². The van der Waals surface area contributed by atoms with Crippen LogP contribution in [0.3, 0.4) is 0 Å². The molecule has 120 valence electrons. The van der Waals surface area contributed by atoms with Gasteiger partial charge in [-0.3, -0.25) is 4.79 Å². The van der Waals surface area contributed by atoms with Crippen LogP contribution in [0.25, 0.3) is 0 Å². The Bertz CT molecular complexity index is 663. The lowest BCUT2D eigenvalue weighted by Crippen LogP contribution is -2.30. The van der Waals surface area contributed by atoms with Gasteiger partial charge in [-0.1, -0.05) is 29.8 Å². The summed E-state index contributed by atoms with van der Waals surface area (Å²) in [5.41, 5.74) is 2.81. The number of anilines is 2. The van der Waals surface area contributed by atoms with Gasteiger partial charge in [-0.25, -0.2) is 9.97 Å². The Balaban J connectivity index is 1.58. The van der Waals surface area contributed by atoms with Crippen molar-refractivity contribution in [2.24, 2.45) is 0 Å². The summed E-state index contributed by atoms with van der Waals surface area (Å²) in [5.74, 6) is 0.700. The van der Waals surface area contributed by atoms with E-state index in [9.17, 15) is 4.79 Å². The number of aromatic nitrogens is 2. The van der Waals surface area contributed by atoms with E-state index in [-0.39, 0.29) is 5.91 Å². The first-order chi connectivity index (χ1) is 11.2. The molecule has 2 heterocycles. The molecular weight excluding hydrogens is 288 g/mol. The van der Waals surface area contributed by atoms with E-state index in [0.717, 1.165) is 30.2 Å². The number of hydrogen-bond donors (Lipinski definition) is 1. The molecule has 0 unspecified atom stereocenters. The Kier molecular flexibility index (Phi) is 4.86. The van der Waals surface area contributed by atoms with Crippen molar-refractivity contribution in [3.63, 3.8) is 0 Å². The molecule has 0 atom stereocenters. The molecule has 0 aliphatic carbocycles. The second kappa shape index (κ2) is 7.22. The van der Waals surface area contributed by atoms with Crippen molar-refractivity contribution < 1.29 is 4.79 Å². The molecule has 1 amide bonds.